The molecule has 118 valence electrons. The molecule has 0 aliphatic carbocycles. The number of benzene rings is 1. The molecule has 0 amide bonds. The molecule has 2 atom stereocenters. The lowest BCUT2D eigenvalue weighted by atomic mass is 9.97. The zero-order valence-electron chi connectivity index (χ0n) is 13.6. The van der Waals surface area contributed by atoms with Crippen LogP contribution in [0.4, 0.5) is 4.39 Å². The van der Waals surface area contributed by atoms with E-state index in [-0.39, 0.29) is 29.2 Å². The van der Waals surface area contributed by atoms with E-state index in [0.717, 1.165) is 12.0 Å². The first-order valence-electron chi connectivity index (χ1n) is 7.50. The van der Waals surface area contributed by atoms with E-state index in [1.165, 1.54) is 12.1 Å². The second-order valence-corrected chi connectivity index (χ2v) is 7.21. The van der Waals surface area contributed by atoms with Crippen molar-refractivity contribution in [3.05, 3.63) is 29.6 Å². The molecular formula is C17H26FNO2. The van der Waals surface area contributed by atoms with Crippen molar-refractivity contribution in [3.63, 3.8) is 0 Å². The number of ether oxygens (including phenoxy) is 2. The molecule has 1 heterocycles. The van der Waals surface area contributed by atoms with Crippen LogP contribution in [0.2, 0.25) is 0 Å². The summed E-state index contributed by atoms with van der Waals surface area (Å²) in [5, 5.41) is 0. The molecule has 2 N–H and O–H groups in total. The van der Waals surface area contributed by atoms with Gasteiger partial charge in [-0.25, -0.2) is 4.39 Å². The Kier molecular flexibility index (Phi) is 4.31. The molecule has 4 heteroatoms. The van der Waals surface area contributed by atoms with E-state index in [0.29, 0.717) is 12.2 Å². The monoisotopic (exact) mass is 295 g/mol. The molecule has 2 unspecified atom stereocenters. The number of halogens is 1. The van der Waals surface area contributed by atoms with Gasteiger partial charge in [0.2, 0.25) is 0 Å². The molecule has 1 fully saturated rings. The summed E-state index contributed by atoms with van der Waals surface area (Å²) in [5.74, 6) is 0.438. The van der Waals surface area contributed by atoms with Crippen LogP contribution in [0.15, 0.2) is 18.2 Å². The predicted octanol–water partition coefficient (Wildman–Crippen LogP) is 3.44. The normalized spacial score (nSPS) is 24.8. The van der Waals surface area contributed by atoms with Crippen LogP contribution in [0.1, 0.15) is 46.6 Å². The van der Waals surface area contributed by atoms with Crippen molar-refractivity contribution in [2.24, 2.45) is 5.73 Å². The summed E-state index contributed by atoms with van der Waals surface area (Å²) in [7, 11) is 0. The molecule has 21 heavy (non-hydrogen) atoms. The Balaban J connectivity index is 2.23. The molecule has 1 aliphatic rings. The van der Waals surface area contributed by atoms with Crippen molar-refractivity contribution in [1.82, 2.24) is 0 Å². The van der Waals surface area contributed by atoms with Crippen molar-refractivity contribution >= 4 is 0 Å². The van der Waals surface area contributed by atoms with E-state index in [1.54, 1.807) is 6.07 Å². The minimum atomic E-state index is -0.372. The maximum Gasteiger partial charge on any atom is 0.130 e. The van der Waals surface area contributed by atoms with Gasteiger partial charge in [-0.2, -0.15) is 0 Å². The van der Waals surface area contributed by atoms with Gasteiger partial charge >= 0.3 is 0 Å². The maximum absolute atomic E-state index is 13.5. The maximum atomic E-state index is 13.5. The first-order valence-corrected chi connectivity index (χ1v) is 7.50. The van der Waals surface area contributed by atoms with Crippen molar-refractivity contribution in [2.45, 2.75) is 70.8 Å². The van der Waals surface area contributed by atoms with Gasteiger partial charge < -0.3 is 15.2 Å². The van der Waals surface area contributed by atoms with Crippen molar-refractivity contribution < 1.29 is 13.9 Å². The average Bonchev–Trinajstić information content (AvgIpc) is 2.49. The standard InChI is InChI=1S/C17H26FNO2/c1-11(19)8-12-9-13(18)6-7-14(12)20-15-10-16(2,3)21-17(15,4)5/h6-7,9,11,15H,8,10,19H2,1-5H3. The van der Waals surface area contributed by atoms with Gasteiger partial charge in [-0.1, -0.05) is 0 Å². The first kappa shape index (κ1) is 16.2. The lowest BCUT2D eigenvalue weighted by molar-refractivity contribution is -0.0846. The SMILES string of the molecule is CC(N)Cc1cc(F)ccc1OC1CC(C)(C)OC1(C)C. The second-order valence-electron chi connectivity index (χ2n) is 7.21. The zero-order valence-corrected chi connectivity index (χ0v) is 13.6. The molecule has 0 aromatic heterocycles. The van der Waals surface area contributed by atoms with Gasteiger partial charge in [-0.3, -0.25) is 0 Å². The van der Waals surface area contributed by atoms with E-state index >= 15 is 0 Å². The van der Waals surface area contributed by atoms with Gasteiger partial charge in [0.15, 0.2) is 0 Å². The molecule has 2 rings (SSSR count). The largest absolute Gasteiger partial charge is 0.487 e. The van der Waals surface area contributed by atoms with E-state index in [9.17, 15) is 4.39 Å². The third-order valence-electron chi connectivity index (χ3n) is 3.83. The first-order chi connectivity index (χ1) is 9.59. The minimum Gasteiger partial charge on any atom is -0.487 e. The predicted molar refractivity (Wildman–Crippen MR) is 82.0 cm³/mol. The summed E-state index contributed by atoms with van der Waals surface area (Å²) in [6, 6.07) is 4.58. The van der Waals surface area contributed by atoms with Gasteiger partial charge in [-0.05, 0) is 64.8 Å². The van der Waals surface area contributed by atoms with Crippen molar-refractivity contribution in [3.8, 4) is 5.75 Å². The molecule has 0 saturated carbocycles. The Morgan fingerprint density at radius 2 is 2.05 bits per heavy atom. The summed E-state index contributed by atoms with van der Waals surface area (Å²) in [4.78, 5) is 0. The summed E-state index contributed by atoms with van der Waals surface area (Å²) >= 11 is 0. The summed E-state index contributed by atoms with van der Waals surface area (Å²) in [6.07, 6.45) is 1.32. The van der Waals surface area contributed by atoms with Crippen LogP contribution < -0.4 is 10.5 Å². The lowest BCUT2D eigenvalue weighted by Crippen LogP contribution is -2.37. The van der Waals surface area contributed by atoms with Gasteiger partial charge in [0, 0.05) is 12.5 Å². The summed E-state index contributed by atoms with van der Waals surface area (Å²) in [5.41, 5.74) is 6.07. The molecule has 0 spiro atoms. The fourth-order valence-corrected chi connectivity index (χ4v) is 3.02. The van der Waals surface area contributed by atoms with Crippen LogP contribution in [-0.2, 0) is 11.2 Å². The molecule has 1 aliphatic heterocycles. The number of rotatable bonds is 4. The Hall–Kier alpha value is -1.13. The third-order valence-corrected chi connectivity index (χ3v) is 3.83. The van der Waals surface area contributed by atoms with Crippen LogP contribution in [0.3, 0.4) is 0 Å². The number of hydrogen-bond acceptors (Lipinski definition) is 3. The Labute approximate surface area is 126 Å². The van der Waals surface area contributed by atoms with Crippen LogP contribution in [0.25, 0.3) is 0 Å². The molecular weight excluding hydrogens is 269 g/mol. The topological polar surface area (TPSA) is 44.5 Å². The second kappa shape index (κ2) is 5.58. The fourth-order valence-electron chi connectivity index (χ4n) is 3.02. The van der Waals surface area contributed by atoms with Crippen molar-refractivity contribution in [2.75, 3.05) is 0 Å². The quantitative estimate of drug-likeness (QED) is 0.925. The van der Waals surface area contributed by atoms with E-state index < -0.39 is 0 Å². The molecule has 1 aromatic carbocycles. The van der Waals surface area contributed by atoms with E-state index in [2.05, 4.69) is 13.8 Å². The highest BCUT2D eigenvalue weighted by Crippen LogP contribution is 2.40. The van der Waals surface area contributed by atoms with Crippen molar-refractivity contribution in [1.29, 1.82) is 0 Å². The van der Waals surface area contributed by atoms with Gasteiger partial charge in [0.25, 0.3) is 0 Å². The highest BCUT2D eigenvalue weighted by molar-refractivity contribution is 5.35. The molecule has 1 saturated heterocycles. The molecule has 1 aromatic rings. The Morgan fingerprint density at radius 3 is 2.57 bits per heavy atom. The van der Waals surface area contributed by atoms with E-state index in [1.807, 2.05) is 20.8 Å². The Morgan fingerprint density at radius 1 is 1.38 bits per heavy atom. The van der Waals surface area contributed by atoms with Crippen LogP contribution in [-0.4, -0.2) is 23.3 Å². The van der Waals surface area contributed by atoms with Gasteiger partial charge in [0.1, 0.15) is 23.3 Å². The van der Waals surface area contributed by atoms with Crippen LogP contribution in [0, 0.1) is 5.82 Å². The molecule has 0 bridgehead atoms. The summed E-state index contributed by atoms with van der Waals surface area (Å²) in [6.45, 7) is 10.1. The fraction of sp³-hybridized carbons (Fsp3) is 0.647. The van der Waals surface area contributed by atoms with E-state index in [4.69, 9.17) is 15.2 Å². The molecule has 3 nitrogen and oxygen atoms in total. The van der Waals surface area contributed by atoms with Gasteiger partial charge in [-0.15, -0.1) is 0 Å². The summed E-state index contributed by atoms with van der Waals surface area (Å²) < 4.78 is 25.7. The van der Waals surface area contributed by atoms with Crippen LogP contribution in [0.5, 0.6) is 5.75 Å². The molecule has 0 radical (unpaired) electrons. The minimum absolute atomic E-state index is 0.0431. The Bertz CT molecular complexity index is 512. The van der Waals surface area contributed by atoms with Crippen LogP contribution >= 0.6 is 0 Å². The third kappa shape index (κ3) is 3.95. The highest BCUT2D eigenvalue weighted by atomic mass is 19.1. The lowest BCUT2D eigenvalue weighted by Gasteiger charge is -2.28. The smallest absolute Gasteiger partial charge is 0.130 e. The number of nitrogens with two attached hydrogens (primary N) is 1. The zero-order chi connectivity index (χ0) is 15.8. The average molecular weight is 295 g/mol. The number of hydrogen-bond donors (Lipinski definition) is 1. The van der Waals surface area contributed by atoms with Gasteiger partial charge in [0.05, 0.1) is 5.60 Å². The highest BCUT2D eigenvalue weighted by Gasteiger charge is 2.47.